The van der Waals surface area contributed by atoms with Gasteiger partial charge in [0.2, 0.25) is 0 Å². The van der Waals surface area contributed by atoms with Gasteiger partial charge in [-0.2, -0.15) is 0 Å². The average Bonchev–Trinajstić information content (AvgIpc) is 2.79. The molecule has 4 heteroatoms. The standard InChI is InChI=1S/C23H38BNO2/c1-8-17-25(18-9-10-19(2)3)21-13-11-20(12-14-21)15-16-24-26-22(4,5)23(6,7)27-24/h11-16,19H,8-10,17-18H2,1-7H3/b16-15+. The highest BCUT2D eigenvalue weighted by atomic mass is 16.7. The highest BCUT2D eigenvalue weighted by Crippen LogP contribution is 2.37. The van der Waals surface area contributed by atoms with Gasteiger partial charge in [0.1, 0.15) is 0 Å². The second kappa shape index (κ2) is 9.29. The quantitative estimate of drug-likeness (QED) is 0.498. The first-order valence-electron chi connectivity index (χ1n) is 10.5. The third-order valence-corrected chi connectivity index (χ3v) is 5.68. The predicted octanol–water partition coefficient (Wildman–Crippen LogP) is 5.98. The van der Waals surface area contributed by atoms with Gasteiger partial charge < -0.3 is 14.2 Å². The Morgan fingerprint density at radius 1 is 1.00 bits per heavy atom. The lowest BCUT2D eigenvalue weighted by atomic mass is 9.89. The Hall–Kier alpha value is -1.26. The van der Waals surface area contributed by atoms with Crippen LogP contribution in [0.3, 0.4) is 0 Å². The fraction of sp³-hybridized carbons (Fsp3) is 0.652. The molecule has 1 aliphatic heterocycles. The molecule has 0 bridgehead atoms. The number of anilines is 1. The predicted molar refractivity (Wildman–Crippen MR) is 118 cm³/mol. The van der Waals surface area contributed by atoms with Crippen molar-refractivity contribution in [3.63, 3.8) is 0 Å². The molecule has 0 atom stereocenters. The zero-order chi connectivity index (χ0) is 20.1. The Bertz CT molecular complexity index is 591. The molecule has 0 radical (unpaired) electrons. The highest BCUT2D eigenvalue weighted by Gasteiger charge is 2.49. The molecule has 0 saturated carbocycles. The van der Waals surface area contributed by atoms with Crippen molar-refractivity contribution in [3.05, 3.63) is 35.8 Å². The first-order chi connectivity index (χ1) is 12.6. The zero-order valence-corrected chi connectivity index (χ0v) is 18.4. The smallest absolute Gasteiger partial charge is 0.400 e. The maximum Gasteiger partial charge on any atom is 0.487 e. The van der Waals surface area contributed by atoms with Crippen LogP contribution in [0.1, 0.15) is 73.3 Å². The minimum absolute atomic E-state index is 0.289. The van der Waals surface area contributed by atoms with Crippen molar-refractivity contribution in [1.29, 1.82) is 0 Å². The molecule has 0 spiro atoms. The van der Waals surface area contributed by atoms with Crippen LogP contribution in [-0.4, -0.2) is 31.4 Å². The second-order valence-corrected chi connectivity index (χ2v) is 9.10. The van der Waals surface area contributed by atoms with Gasteiger partial charge in [0, 0.05) is 18.8 Å². The van der Waals surface area contributed by atoms with Gasteiger partial charge in [0.25, 0.3) is 0 Å². The van der Waals surface area contributed by atoms with Gasteiger partial charge in [-0.15, -0.1) is 0 Å². The molecule has 0 aromatic heterocycles. The van der Waals surface area contributed by atoms with E-state index in [9.17, 15) is 0 Å². The monoisotopic (exact) mass is 371 g/mol. The number of rotatable bonds is 9. The summed E-state index contributed by atoms with van der Waals surface area (Å²) in [7, 11) is -0.290. The molecular weight excluding hydrogens is 333 g/mol. The van der Waals surface area contributed by atoms with Crippen LogP contribution >= 0.6 is 0 Å². The SMILES string of the molecule is CCCN(CCCC(C)C)c1ccc(/C=C/B2OC(C)(C)C(C)(C)O2)cc1. The number of hydrogen-bond acceptors (Lipinski definition) is 3. The van der Waals surface area contributed by atoms with E-state index in [4.69, 9.17) is 9.31 Å². The summed E-state index contributed by atoms with van der Waals surface area (Å²) in [6.07, 6.45) is 5.80. The van der Waals surface area contributed by atoms with Crippen LogP contribution in [-0.2, 0) is 9.31 Å². The molecule has 0 amide bonds. The largest absolute Gasteiger partial charge is 0.487 e. The van der Waals surface area contributed by atoms with Crippen LogP contribution < -0.4 is 4.90 Å². The molecule has 1 heterocycles. The molecule has 0 aliphatic carbocycles. The van der Waals surface area contributed by atoms with Crippen LogP contribution in [0.5, 0.6) is 0 Å². The lowest BCUT2D eigenvalue weighted by Gasteiger charge is -2.32. The van der Waals surface area contributed by atoms with Crippen molar-refractivity contribution in [2.45, 2.75) is 78.9 Å². The lowest BCUT2D eigenvalue weighted by molar-refractivity contribution is 0.00578. The second-order valence-electron chi connectivity index (χ2n) is 9.10. The molecule has 150 valence electrons. The van der Waals surface area contributed by atoms with Crippen LogP contribution in [0.2, 0.25) is 0 Å². The van der Waals surface area contributed by atoms with E-state index in [2.05, 4.69) is 83.7 Å². The summed E-state index contributed by atoms with van der Waals surface area (Å²) in [5.41, 5.74) is 1.91. The molecule has 3 nitrogen and oxygen atoms in total. The summed E-state index contributed by atoms with van der Waals surface area (Å²) in [6.45, 7) is 17.4. The summed E-state index contributed by atoms with van der Waals surface area (Å²) in [6, 6.07) is 8.83. The summed E-state index contributed by atoms with van der Waals surface area (Å²) < 4.78 is 12.1. The molecular formula is C23H38BNO2. The Morgan fingerprint density at radius 3 is 2.11 bits per heavy atom. The molecule has 1 aliphatic rings. The summed E-state index contributed by atoms with van der Waals surface area (Å²) in [5.74, 6) is 2.79. The maximum absolute atomic E-state index is 6.03. The highest BCUT2D eigenvalue weighted by molar-refractivity contribution is 6.52. The molecule has 1 aromatic rings. The van der Waals surface area contributed by atoms with E-state index in [1.807, 2.05) is 5.98 Å². The van der Waals surface area contributed by atoms with Gasteiger partial charge >= 0.3 is 7.12 Å². The van der Waals surface area contributed by atoms with Gasteiger partial charge in [0.05, 0.1) is 11.2 Å². The fourth-order valence-electron chi connectivity index (χ4n) is 3.28. The molecule has 27 heavy (non-hydrogen) atoms. The average molecular weight is 371 g/mol. The lowest BCUT2D eigenvalue weighted by Crippen LogP contribution is -2.41. The summed E-state index contributed by atoms with van der Waals surface area (Å²) >= 11 is 0. The number of benzene rings is 1. The van der Waals surface area contributed by atoms with Gasteiger partial charge in [-0.25, -0.2) is 0 Å². The fourth-order valence-corrected chi connectivity index (χ4v) is 3.28. The Labute approximate surface area is 167 Å². The Kier molecular flexibility index (Phi) is 7.59. The minimum atomic E-state index is -0.290. The molecule has 1 aromatic carbocycles. The van der Waals surface area contributed by atoms with Crippen LogP contribution in [0.25, 0.3) is 6.08 Å². The third-order valence-electron chi connectivity index (χ3n) is 5.68. The van der Waals surface area contributed by atoms with E-state index < -0.39 is 0 Å². The normalized spacial score (nSPS) is 18.6. The molecule has 1 saturated heterocycles. The Balaban J connectivity index is 1.97. The molecule has 1 fully saturated rings. The van der Waals surface area contributed by atoms with Crippen LogP contribution in [0.4, 0.5) is 5.69 Å². The minimum Gasteiger partial charge on any atom is -0.400 e. The molecule has 0 N–H and O–H groups in total. The maximum atomic E-state index is 6.03. The molecule has 0 unspecified atom stereocenters. The Morgan fingerprint density at radius 2 is 1.59 bits per heavy atom. The van der Waals surface area contributed by atoms with E-state index >= 15 is 0 Å². The molecule has 2 rings (SSSR count). The van der Waals surface area contributed by atoms with Crippen molar-refractivity contribution in [1.82, 2.24) is 0 Å². The number of hydrogen-bond donors (Lipinski definition) is 0. The number of nitrogens with zero attached hydrogens (tertiary/aromatic N) is 1. The van der Waals surface area contributed by atoms with Gasteiger partial charge in [0.15, 0.2) is 0 Å². The van der Waals surface area contributed by atoms with E-state index in [-0.39, 0.29) is 18.3 Å². The van der Waals surface area contributed by atoms with E-state index in [0.717, 1.165) is 19.0 Å². The van der Waals surface area contributed by atoms with E-state index in [0.29, 0.717) is 0 Å². The third kappa shape index (κ3) is 6.12. The van der Waals surface area contributed by atoms with Crippen molar-refractivity contribution in [2.24, 2.45) is 5.92 Å². The topological polar surface area (TPSA) is 21.7 Å². The van der Waals surface area contributed by atoms with E-state index in [1.54, 1.807) is 0 Å². The van der Waals surface area contributed by atoms with Gasteiger partial charge in [-0.05, 0) is 70.6 Å². The van der Waals surface area contributed by atoms with E-state index in [1.165, 1.54) is 30.5 Å². The summed E-state index contributed by atoms with van der Waals surface area (Å²) in [5, 5.41) is 0. The van der Waals surface area contributed by atoms with Crippen LogP contribution in [0, 0.1) is 5.92 Å². The summed E-state index contributed by atoms with van der Waals surface area (Å²) in [4.78, 5) is 2.50. The van der Waals surface area contributed by atoms with Crippen molar-refractivity contribution >= 4 is 18.9 Å². The van der Waals surface area contributed by atoms with Crippen LogP contribution in [0.15, 0.2) is 30.2 Å². The van der Waals surface area contributed by atoms with Crippen molar-refractivity contribution < 1.29 is 9.31 Å². The van der Waals surface area contributed by atoms with Gasteiger partial charge in [-0.1, -0.05) is 45.0 Å². The van der Waals surface area contributed by atoms with Crippen molar-refractivity contribution in [2.75, 3.05) is 18.0 Å². The zero-order valence-electron chi connectivity index (χ0n) is 18.4. The first-order valence-corrected chi connectivity index (χ1v) is 10.5. The van der Waals surface area contributed by atoms with Gasteiger partial charge in [-0.3, -0.25) is 0 Å². The first kappa shape index (κ1) is 22.0. The van der Waals surface area contributed by atoms with Crippen molar-refractivity contribution in [3.8, 4) is 0 Å².